The molecule has 72 valence electrons. The Morgan fingerprint density at radius 1 is 1.08 bits per heavy atom. The fraction of sp³-hybridized carbons (Fsp3) is 0.455. The molecular weight excluding hydrogens is 160 g/mol. The second-order valence-corrected chi connectivity index (χ2v) is 3.87. The van der Waals surface area contributed by atoms with Crippen LogP contribution in [0.4, 0.5) is 0 Å². The van der Waals surface area contributed by atoms with Gasteiger partial charge >= 0.3 is 0 Å². The highest BCUT2D eigenvalue weighted by atomic mass is 14.8. The maximum absolute atomic E-state index is 5.54. The van der Waals surface area contributed by atoms with Gasteiger partial charge in [-0.3, -0.25) is 0 Å². The minimum atomic E-state index is -0.354. The van der Waals surface area contributed by atoms with Crippen molar-refractivity contribution in [2.24, 2.45) is 17.4 Å². The van der Waals surface area contributed by atoms with E-state index in [2.05, 4.69) is 26.0 Å². The van der Waals surface area contributed by atoms with Gasteiger partial charge in [-0.05, 0) is 23.5 Å². The molecule has 0 radical (unpaired) electrons. The molecule has 4 N–H and O–H groups in total. The minimum Gasteiger partial charge on any atom is -0.312 e. The molecule has 0 heterocycles. The molecule has 0 aliphatic heterocycles. The van der Waals surface area contributed by atoms with Gasteiger partial charge in [0.2, 0.25) is 0 Å². The van der Waals surface area contributed by atoms with Crippen LogP contribution in [-0.4, -0.2) is 0 Å². The SMILES string of the molecule is CC(C)Cc1ccc(C(N)N)cc1. The summed E-state index contributed by atoms with van der Waals surface area (Å²) < 4.78 is 0. The molecule has 0 saturated carbocycles. The fourth-order valence-corrected chi connectivity index (χ4v) is 1.35. The Balaban J connectivity index is 2.70. The van der Waals surface area contributed by atoms with Crippen LogP contribution in [0.5, 0.6) is 0 Å². The maximum atomic E-state index is 5.54. The molecule has 0 amide bonds. The summed E-state index contributed by atoms with van der Waals surface area (Å²) in [5, 5.41) is 0. The monoisotopic (exact) mass is 178 g/mol. The maximum Gasteiger partial charge on any atom is 0.0784 e. The van der Waals surface area contributed by atoms with Crippen LogP contribution in [0.2, 0.25) is 0 Å². The zero-order valence-electron chi connectivity index (χ0n) is 8.33. The molecule has 13 heavy (non-hydrogen) atoms. The predicted octanol–water partition coefficient (Wildman–Crippen LogP) is 1.80. The van der Waals surface area contributed by atoms with Crippen molar-refractivity contribution in [2.75, 3.05) is 0 Å². The van der Waals surface area contributed by atoms with Crippen molar-refractivity contribution in [1.82, 2.24) is 0 Å². The quantitative estimate of drug-likeness (QED) is 0.693. The van der Waals surface area contributed by atoms with Crippen molar-refractivity contribution in [3.8, 4) is 0 Å². The summed E-state index contributed by atoms with van der Waals surface area (Å²) in [5.74, 6) is 0.692. The normalized spacial score (nSPS) is 11.2. The largest absolute Gasteiger partial charge is 0.312 e. The van der Waals surface area contributed by atoms with E-state index < -0.39 is 0 Å². The molecular formula is C11H18N2. The van der Waals surface area contributed by atoms with E-state index in [4.69, 9.17) is 11.5 Å². The van der Waals surface area contributed by atoms with Crippen LogP contribution in [-0.2, 0) is 6.42 Å². The minimum absolute atomic E-state index is 0.354. The number of hydrogen-bond acceptors (Lipinski definition) is 2. The van der Waals surface area contributed by atoms with Gasteiger partial charge in [0.15, 0.2) is 0 Å². The van der Waals surface area contributed by atoms with Crippen molar-refractivity contribution >= 4 is 0 Å². The van der Waals surface area contributed by atoms with Crippen LogP contribution in [0, 0.1) is 5.92 Å². The van der Waals surface area contributed by atoms with Crippen LogP contribution in [0.15, 0.2) is 24.3 Å². The summed E-state index contributed by atoms with van der Waals surface area (Å²) in [5.41, 5.74) is 13.4. The highest BCUT2D eigenvalue weighted by Gasteiger charge is 2.00. The first-order chi connectivity index (χ1) is 6.09. The third-order valence-corrected chi connectivity index (χ3v) is 2.01. The van der Waals surface area contributed by atoms with Crippen LogP contribution >= 0.6 is 0 Å². The molecule has 0 atom stereocenters. The Bertz CT molecular complexity index is 249. The highest BCUT2D eigenvalue weighted by molar-refractivity contribution is 5.24. The lowest BCUT2D eigenvalue weighted by atomic mass is 10.0. The van der Waals surface area contributed by atoms with E-state index in [1.54, 1.807) is 0 Å². The van der Waals surface area contributed by atoms with E-state index >= 15 is 0 Å². The molecule has 0 spiro atoms. The number of hydrogen-bond donors (Lipinski definition) is 2. The lowest BCUT2D eigenvalue weighted by Gasteiger charge is -2.08. The molecule has 0 aromatic heterocycles. The van der Waals surface area contributed by atoms with E-state index in [0.717, 1.165) is 12.0 Å². The first-order valence-corrected chi connectivity index (χ1v) is 4.69. The molecule has 0 fully saturated rings. The highest BCUT2D eigenvalue weighted by Crippen LogP contribution is 2.11. The smallest absolute Gasteiger partial charge is 0.0784 e. The molecule has 0 saturated heterocycles. The summed E-state index contributed by atoms with van der Waals surface area (Å²) in [6.07, 6.45) is 0.758. The fourth-order valence-electron chi connectivity index (χ4n) is 1.35. The first kappa shape index (κ1) is 10.2. The second kappa shape index (κ2) is 4.40. The van der Waals surface area contributed by atoms with Gasteiger partial charge in [0, 0.05) is 0 Å². The second-order valence-electron chi connectivity index (χ2n) is 3.87. The molecule has 2 nitrogen and oxygen atoms in total. The Labute approximate surface area is 79.9 Å². The zero-order valence-corrected chi connectivity index (χ0v) is 8.33. The molecule has 0 unspecified atom stereocenters. The van der Waals surface area contributed by atoms with Crippen molar-refractivity contribution in [3.05, 3.63) is 35.4 Å². The Morgan fingerprint density at radius 3 is 2.00 bits per heavy atom. The van der Waals surface area contributed by atoms with E-state index in [-0.39, 0.29) is 6.17 Å². The van der Waals surface area contributed by atoms with E-state index in [9.17, 15) is 0 Å². The summed E-state index contributed by atoms with van der Waals surface area (Å²) >= 11 is 0. The van der Waals surface area contributed by atoms with E-state index in [1.165, 1.54) is 5.56 Å². The van der Waals surface area contributed by atoms with Crippen LogP contribution in [0.25, 0.3) is 0 Å². The average molecular weight is 178 g/mol. The average Bonchev–Trinajstić information content (AvgIpc) is 2.04. The van der Waals surface area contributed by atoms with E-state index in [1.807, 2.05) is 12.1 Å². The predicted molar refractivity (Wildman–Crippen MR) is 56.1 cm³/mol. The van der Waals surface area contributed by atoms with Crippen molar-refractivity contribution in [3.63, 3.8) is 0 Å². The number of benzene rings is 1. The van der Waals surface area contributed by atoms with Crippen molar-refractivity contribution in [1.29, 1.82) is 0 Å². The lowest BCUT2D eigenvalue weighted by molar-refractivity contribution is 0.646. The molecule has 1 aromatic carbocycles. The lowest BCUT2D eigenvalue weighted by Crippen LogP contribution is -2.19. The Kier molecular flexibility index (Phi) is 3.46. The third kappa shape index (κ3) is 3.17. The van der Waals surface area contributed by atoms with Crippen LogP contribution in [0.3, 0.4) is 0 Å². The molecule has 1 aromatic rings. The standard InChI is InChI=1S/C11H18N2/c1-8(2)7-9-3-5-10(6-4-9)11(12)13/h3-6,8,11H,7,12-13H2,1-2H3. The molecule has 2 heteroatoms. The van der Waals surface area contributed by atoms with Crippen LogP contribution < -0.4 is 11.5 Å². The van der Waals surface area contributed by atoms with Gasteiger partial charge in [-0.15, -0.1) is 0 Å². The molecule has 1 rings (SSSR count). The Hall–Kier alpha value is -0.860. The summed E-state index contributed by atoms with van der Waals surface area (Å²) in [6.45, 7) is 4.42. The van der Waals surface area contributed by atoms with Crippen molar-refractivity contribution in [2.45, 2.75) is 26.4 Å². The van der Waals surface area contributed by atoms with Gasteiger partial charge in [-0.25, -0.2) is 0 Å². The topological polar surface area (TPSA) is 52.0 Å². The van der Waals surface area contributed by atoms with Crippen molar-refractivity contribution < 1.29 is 0 Å². The molecule has 0 bridgehead atoms. The van der Waals surface area contributed by atoms with Gasteiger partial charge in [0.1, 0.15) is 0 Å². The zero-order chi connectivity index (χ0) is 9.84. The van der Waals surface area contributed by atoms with Gasteiger partial charge in [0.05, 0.1) is 6.17 Å². The third-order valence-electron chi connectivity index (χ3n) is 2.01. The van der Waals surface area contributed by atoms with Gasteiger partial charge in [0.25, 0.3) is 0 Å². The van der Waals surface area contributed by atoms with Crippen LogP contribution in [0.1, 0.15) is 31.1 Å². The van der Waals surface area contributed by atoms with Gasteiger partial charge in [-0.2, -0.15) is 0 Å². The van der Waals surface area contributed by atoms with E-state index in [0.29, 0.717) is 5.92 Å². The first-order valence-electron chi connectivity index (χ1n) is 4.69. The number of rotatable bonds is 3. The summed E-state index contributed by atoms with van der Waals surface area (Å²) in [4.78, 5) is 0. The Morgan fingerprint density at radius 2 is 1.62 bits per heavy atom. The van der Waals surface area contributed by atoms with Gasteiger partial charge < -0.3 is 11.5 Å². The molecule has 0 aliphatic rings. The summed E-state index contributed by atoms with van der Waals surface area (Å²) in [7, 11) is 0. The summed E-state index contributed by atoms with van der Waals surface area (Å²) in [6, 6.07) is 8.20. The number of nitrogens with two attached hydrogens (primary N) is 2. The molecule has 0 aliphatic carbocycles. The van der Waals surface area contributed by atoms with Gasteiger partial charge in [-0.1, -0.05) is 38.1 Å².